The van der Waals surface area contributed by atoms with Crippen LogP contribution >= 0.6 is 23.2 Å². The van der Waals surface area contributed by atoms with E-state index in [1.54, 1.807) is 31.4 Å². The van der Waals surface area contributed by atoms with Gasteiger partial charge in [-0.15, -0.1) is 0 Å². The molecule has 184 valence electrons. The first-order chi connectivity index (χ1) is 15.7. The van der Waals surface area contributed by atoms with Crippen LogP contribution in [0.2, 0.25) is 10.0 Å². The number of hydrogen-bond acceptors (Lipinski definition) is 5. The summed E-state index contributed by atoms with van der Waals surface area (Å²) in [6.45, 7) is 10.0. The Morgan fingerprint density at radius 1 is 1.21 bits per heavy atom. The minimum Gasteiger partial charge on any atom is -0.496 e. The molecule has 2 aliphatic rings. The lowest BCUT2D eigenvalue weighted by molar-refractivity contribution is -0.152. The van der Waals surface area contributed by atoms with E-state index in [2.05, 4.69) is 20.8 Å². The molecule has 2 fully saturated rings. The van der Waals surface area contributed by atoms with Crippen LogP contribution in [0.3, 0.4) is 0 Å². The molecule has 2 heterocycles. The van der Waals surface area contributed by atoms with E-state index >= 15 is 4.39 Å². The van der Waals surface area contributed by atoms with Crippen molar-refractivity contribution in [3.8, 4) is 5.75 Å². The number of methoxy groups -OCH3 is 1. The number of cyclic esters (lactones) is 1. The summed E-state index contributed by atoms with van der Waals surface area (Å²) >= 11 is 12.5. The second kappa shape index (κ2) is 8.37. The second-order valence-corrected chi connectivity index (χ2v) is 11.7. The SMILES string of the molecule is COc1cc(Cl)ccc1[C@@]1(N)[C@H](CC(C)(C)C)N2[C@H](C(=O)OC2(C)C)[C@@H]1c1cccc(Cl)c1F. The van der Waals surface area contributed by atoms with Crippen LogP contribution in [-0.2, 0) is 15.1 Å². The van der Waals surface area contributed by atoms with E-state index in [9.17, 15) is 4.79 Å². The summed E-state index contributed by atoms with van der Waals surface area (Å²) in [7, 11) is 1.54. The molecule has 5 nitrogen and oxygen atoms in total. The summed E-state index contributed by atoms with van der Waals surface area (Å²) in [5, 5.41) is 0.458. The quantitative estimate of drug-likeness (QED) is 0.523. The van der Waals surface area contributed by atoms with Gasteiger partial charge in [0.25, 0.3) is 0 Å². The van der Waals surface area contributed by atoms with E-state index in [0.717, 1.165) is 0 Å². The highest BCUT2D eigenvalue weighted by molar-refractivity contribution is 6.31. The van der Waals surface area contributed by atoms with Gasteiger partial charge in [0.15, 0.2) is 5.72 Å². The van der Waals surface area contributed by atoms with Crippen molar-refractivity contribution in [3.63, 3.8) is 0 Å². The van der Waals surface area contributed by atoms with E-state index in [0.29, 0.717) is 22.8 Å². The Balaban J connectivity index is 2.08. The van der Waals surface area contributed by atoms with Crippen LogP contribution in [0.1, 0.15) is 58.1 Å². The molecule has 2 aliphatic heterocycles. The van der Waals surface area contributed by atoms with Crippen molar-refractivity contribution >= 4 is 29.2 Å². The van der Waals surface area contributed by atoms with Crippen molar-refractivity contribution < 1.29 is 18.7 Å². The molecule has 2 saturated heterocycles. The first kappa shape index (κ1) is 25.2. The van der Waals surface area contributed by atoms with Gasteiger partial charge in [0, 0.05) is 22.5 Å². The van der Waals surface area contributed by atoms with Crippen LogP contribution in [0.4, 0.5) is 4.39 Å². The Labute approximate surface area is 210 Å². The van der Waals surface area contributed by atoms with Crippen LogP contribution in [-0.4, -0.2) is 35.8 Å². The van der Waals surface area contributed by atoms with Crippen LogP contribution < -0.4 is 10.5 Å². The third-order valence-corrected chi connectivity index (χ3v) is 7.51. The van der Waals surface area contributed by atoms with Gasteiger partial charge in [-0.1, -0.05) is 62.2 Å². The molecule has 0 bridgehead atoms. The number of fused-ring (bicyclic) bond motifs is 1. The van der Waals surface area contributed by atoms with Crippen LogP contribution in [0.25, 0.3) is 0 Å². The molecule has 34 heavy (non-hydrogen) atoms. The van der Waals surface area contributed by atoms with E-state index in [1.807, 2.05) is 24.8 Å². The molecule has 0 amide bonds. The number of hydrogen-bond donors (Lipinski definition) is 1. The molecule has 4 rings (SSSR count). The predicted molar refractivity (Wildman–Crippen MR) is 132 cm³/mol. The zero-order valence-corrected chi connectivity index (χ0v) is 21.8. The van der Waals surface area contributed by atoms with Crippen molar-refractivity contribution in [2.75, 3.05) is 7.11 Å². The largest absolute Gasteiger partial charge is 0.496 e. The lowest BCUT2D eigenvalue weighted by atomic mass is 9.68. The predicted octanol–water partition coefficient (Wildman–Crippen LogP) is 5.86. The van der Waals surface area contributed by atoms with E-state index in [1.165, 1.54) is 6.07 Å². The number of nitrogens with zero attached hydrogens (tertiary/aromatic N) is 1. The fraction of sp³-hybridized carbons (Fsp3) is 0.500. The van der Waals surface area contributed by atoms with Gasteiger partial charge < -0.3 is 15.2 Å². The number of nitrogens with two attached hydrogens (primary N) is 1. The van der Waals surface area contributed by atoms with Crippen molar-refractivity contribution in [2.45, 2.75) is 70.3 Å². The third-order valence-electron chi connectivity index (χ3n) is 6.98. The van der Waals surface area contributed by atoms with E-state index in [-0.39, 0.29) is 16.0 Å². The van der Waals surface area contributed by atoms with Gasteiger partial charge in [-0.2, -0.15) is 0 Å². The molecule has 8 heteroatoms. The number of esters is 1. The smallest absolute Gasteiger partial charge is 0.325 e. The minimum atomic E-state index is -1.23. The molecule has 2 aromatic rings. The maximum absolute atomic E-state index is 15.6. The zero-order valence-electron chi connectivity index (χ0n) is 20.3. The molecular weight excluding hydrogens is 478 g/mol. The Hall–Kier alpha value is -1.86. The first-order valence-electron chi connectivity index (χ1n) is 11.3. The summed E-state index contributed by atoms with van der Waals surface area (Å²) in [4.78, 5) is 15.4. The fourth-order valence-corrected chi connectivity index (χ4v) is 6.12. The Kier molecular flexibility index (Phi) is 6.21. The van der Waals surface area contributed by atoms with Crippen LogP contribution in [0.5, 0.6) is 5.75 Å². The average molecular weight is 509 g/mol. The zero-order chi connectivity index (χ0) is 25.2. The maximum atomic E-state index is 15.6. The van der Waals surface area contributed by atoms with Crippen molar-refractivity contribution in [3.05, 3.63) is 63.4 Å². The molecular formula is C26H31Cl2FN2O3. The summed E-state index contributed by atoms with van der Waals surface area (Å²) < 4.78 is 27.1. The highest BCUT2D eigenvalue weighted by atomic mass is 35.5. The lowest BCUT2D eigenvalue weighted by Gasteiger charge is -2.44. The number of halogens is 3. The van der Waals surface area contributed by atoms with E-state index < -0.39 is 41.1 Å². The molecule has 0 unspecified atom stereocenters. The topological polar surface area (TPSA) is 64.8 Å². The number of rotatable bonds is 4. The number of carbonyl (C=O) groups is 1. The first-order valence-corrected chi connectivity index (χ1v) is 12.1. The average Bonchev–Trinajstić information content (AvgIpc) is 3.11. The Morgan fingerprint density at radius 2 is 1.88 bits per heavy atom. The fourth-order valence-electron chi connectivity index (χ4n) is 5.78. The number of benzene rings is 2. The highest BCUT2D eigenvalue weighted by Crippen LogP contribution is 2.59. The van der Waals surface area contributed by atoms with Gasteiger partial charge in [0.2, 0.25) is 0 Å². The second-order valence-electron chi connectivity index (χ2n) is 10.9. The van der Waals surface area contributed by atoms with Gasteiger partial charge in [-0.05, 0) is 49.4 Å². The number of ether oxygens (including phenoxy) is 2. The summed E-state index contributed by atoms with van der Waals surface area (Å²) in [5.41, 5.74) is 6.04. The summed E-state index contributed by atoms with van der Waals surface area (Å²) in [5.74, 6) is -1.34. The molecule has 0 radical (unpaired) electrons. The van der Waals surface area contributed by atoms with Crippen molar-refractivity contribution in [1.82, 2.24) is 4.90 Å². The van der Waals surface area contributed by atoms with Crippen LogP contribution in [0.15, 0.2) is 36.4 Å². The molecule has 0 spiro atoms. The third kappa shape index (κ3) is 3.89. The standard InChI is InChI=1S/C26H31Cl2FN2O3/c1-24(2,3)13-19-26(30,16-11-10-14(27)12-18(16)33-6)20(15-8-7-9-17(28)21(15)29)22-23(32)34-25(4,5)31(19)22/h7-12,19-20,22H,13,30H2,1-6H3/t19-,20-,22-,26+/m0/s1. The minimum absolute atomic E-state index is 0.0284. The summed E-state index contributed by atoms with van der Waals surface area (Å²) in [6.07, 6.45) is 0.616. The molecule has 0 aromatic heterocycles. The molecule has 2 aromatic carbocycles. The summed E-state index contributed by atoms with van der Waals surface area (Å²) in [6, 6.07) is 8.85. The van der Waals surface area contributed by atoms with Crippen LogP contribution in [0, 0.1) is 11.2 Å². The molecule has 4 atom stereocenters. The van der Waals surface area contributed by atoms with Gasteiger partial charge in [-0.3, -0.25) is 4.79 Å². The lowest BCUT2D eigenvalue weighted by Crippen LogP contribution is -2.56. The Bertz CT molecular complexity index is 1130. The number of carbonyl (C=O) groups excluding carboxylic acids is 1. The van der Waals surface area contributed by atoms with Gasteiger partial charge in [0.05, 0.1) is 17.7 Å². The van der Waals surface area contributed by atoms with Gasteiger partial charge >= 0.3 is 5.97 Å². The van der Waals surface area contributed by atoms with Gasteiger partial charge in [-0.25, -0.2) is 9.29 Å². The van der Waals surface area contributed by atoms with Crippen molar-refractivity contribution in [2.24, 2.45) is 11.1 Å². The highest BCUT2D eigenvalue weighted by Gasteiger charge is 2.69. The van der Waals surface area contributed by atoms with Gasteiger partial charge in [0.1, 0.15) is 17.6 Å². The molecule has 0 aliphatic carbocycles. The molecule has 2 N–H and O–H groups in total. The van der Waals surface area contributed by atoms with Crippen molar-refractivity contribution in [1.29, 1.82) is 0 Å². The monoisotopic (exact) mass is 508 g/mol. The normalized spacial score (nSPS) is 28.6. The van der Waals surface area contributed by atoms with E-state index in [4.69, 9.17) is 38.4 Å². The Morgan fingerprint density at radius 3 is 2.50 bits per heavy atom. The molecule has 0 saturated carbocycles. The maximum Gasteiger partial charge on any atom is 0.325 e.